The number of aryl methyl sites for hydroxylation is 4. The number of hydrogen-bond acceptors (Lipinski definition) is 2. The van der Waals surface area contributed by atoms with E-state index in [2.05, 4.69) is 45.9 Å². The number of aliphatic hydroxyl groups excluding tert-OH is 1. The number of hydrogen-bond donors (Lipinski definition) is 1. The average Bonchev–Trinajstić information content (AvgIpc) is 2.63. The summed E-state index contributed by atoms with van der Waals surface area (Å²) in [4.78, 5) is 1.24. The van der Waals surface area contributed by atoms with Crippen LogP contribution in [0.4, 0.5) is 0 Å². The maximum atomic E-state index is 10.5. The van der Waals surface area contributed by atoms with Crippen LogP contribution in [-0.2, 0) is 0 Å². The summed E-state index contributed by atoms with van der Waals surface area (Å²) in [6.45, 7) is 8.29. The predicted octanol–water partition coefficient (Wildman–Crippen LogP) is 4.06. The van der Waals surface area contributed by atoms with E-state index in [1.54, 1.807) is 11.3 Å². The fraction of sp³-hybridized carbons (Fsp3) is 0.333. The third-order valence-electron chi connectivity index (χ3n) is 3.08. The zero-order chi connectivity index (χ0) is 12.6. The van der Waals surface area contributed by atoms with Crippen LogP contribution >= 0.6 is 11.3 Å². The second-order valence-corrected chi connectivity index (χ2v) is 5.82. The fourth-order valence-corrected chi connectivity index (χ4v) is 3.12. The first kappa shape index (κ1) is 12.3. The van der Waals surface area contributed by atoms with Crippen molar-refractivity contribution in [2.45, 2.75) is 33.8 Å². The molecule has 0 amide bonds. The zero-order valence-electron chi connectivity index (χ0n) is 10.7. The standard InChI is InChI=1S/C15H18OS/c1-9-5-10(2)14(11(3)6-9)15(16)13-7-12(4)17-8-13/h5-8,15-16H,1-4H3. The molecule has 0 radical (unpaired) electrons. The molecule has 0 spiro atoms. The molecule has 1 nitrogen and oxygen atoms in total. The van der Waals surface area contributed by atoms with Crippen molar-refractivity contribution in [2.24, 2.45) is 0 Å². The third kappa shape index (κ3) is 2.43. The Morgan fingerprint density at radius 2 is 1.59 bits per heavy atom. The van der Waals surface area contributed by atoms with E-state index in [9.17, 15) is 5.11 Å². The van der Waals surface area contributed by atoms with E-state index in [-0.39, 0.29) is 0 Å². The van der Waals surface area contributed by atoms with Gasteiger partial charge in [-0.2, -0.15) is 0 Å². The Bertz CT molecular complexity index is 517. The lowest BCUT2D eigenvalue weighted by molar-refractivity contribution is 0.219. The van der Waals surface area contributed by atoms with E-state index in [0.717, 1.165) is 11.1 Å². The van der Waals surface area contributed by atoms with Crippen LogP contribution in [0.3, 0.4) is 0 Å². The number of aliphatic hydroxyl groups is 1. The van der Waals surface area contributed by atoms with Crippen LogP contribution in [0, 0.1) is 27.7 Å². The molecule has 2 aromatic rings. The topological polar surface area (TPSA) is 20.2 Å². The Morgan fingerprint density at radius 3 is 2.06 bits per heavy atom. The summed E-state index contributed by atoms with van der Waals surface area (Å²) in [6, 6.07) is 6.32. The summed E-state index contributed by atoms with van der Waals surface area (Å²) in [7, 11) is 0. The lowest BCUT2D eigenvalue weighted by Gasteiger charge is -2.16. The van der Waals surface area contributed by atoms with E-state index in [0.29, 0.717) is 0 Å². The minimum atomic E-state index is -0.499. The first-order valence-electron chi connectivity index (χ1n) is 5.80. The molecule has 1 aromatic carbocycles. The van der Waals surface area contributed by atoms with Crippen molar-refractivity contribution >= 4 is 11.3 Å². The highest BCUT2D eigenvalue weighted by atomic mass is 32.1. The normalized spacial score (nSPS) is 12.8. The summed E-state index contributed by atoms with van der Waals surface area (Å²) in [6.07, 6.45) is -0.499. The summed E-state index contributed by atoms with van der Waals surface area (Å²) in [5.74, 6) is 0. The van der Waals surface area contributed by atoms with Crippen LogP contribution in [0.5, 0.6) is 0 Å². The molecule has 0 aliphatic carbocycles. The van der Waals surface area contributed by atoms with Crippen molar-refractivity contribution in [1.82, 2.24) is 0 Å². The Balaban J connectivity index is 2.47. The first-order valence-corrected chi connectivity index (χ1v) is 6.68. The van der Waals surface area contributed by atoms with Crippen molar-refractivity contribution in [3.63, 3.8) is 0 Å². The highest BCUT2D eigenvalue weighted by Gasteiger charge is 2.16. The molecule has 90 valence electrons. The maximum absolute atomic E-state index is 10.5. The van der Waals surface area contributed by atoms with Crippen molar-refractivity contribution in [3.05, 3.63) is 56.3 Å². The van der Waals surface area contributed by atoms with Crippen molar-refractivity contribution in [3.8, 4) is 0 Å². The van der Waals surface area contributed by atoms with Crippen LogP contribution in [0.15, 0.2) is 23.6 Å². The van der Waals surface area contributed by atoms with Gasteiger partial charge in [0.2, 0.25) is 0 Å². The number of rotatable bonds is 2. The monoisotopic (exact) mass is 246 g/mol. The second-order valence-electron chi connectivity index (χ2n) is 4.71. The Morgan fingerprint density at radius 1 is 1.00 bits per heavy atom. The molecule has 0 aliphatic heterocycles. The molecule has 0 saturated heterocycles. The van der Waals surface area contributed by atoms with Crippen LogP contribution < -0.4 is 0 Å². The molecule has 2 heteroatoms. The van der Waals surface area contributed by atoms with Gasteiger partial charge in [-0.25, -0.2) is 0 Å². The van der Waals surface area contributed by atoms with Gasteiger partial charge in [0.05, 0.1) is 0 Å². The van der Waals surface area contributed by atoms with E-state index in [1.165, 1.54) is 21.6 Å². The summed E-state index contributed by atoms with van der Waals surface area (Å²) in [5, 5.41) is 12.5. The van der Waals surface area contributed by atoms with Crippen LogP contribution in [-0.4, -0.2) is 5.11 Å². The van der Waals surface area contributed by atoms with Gasteiger partial charge in [-0.15, -0.1) is 11.3 Å². The van der Waals surface area contributed by atoms with E-state index >= 15 is 0 Å². The number of thiophene rings is 1. The van der Waals surface area contributed by atoms with Crippen molar-refractivity contribution < 1.29 is 5.11 Å². The van der Waals surface area contributed by atoms with Gasteiger partial charge in [0.1, 0.15) is 6.10 Å². The summed E-state index contributed by atoms with van der Waals surface area (Å²) in [5.41, 5.74) is 5.63. The van der Waals surface area contributed by atoms with Crippen LogP contribution in [0.25, 0.3) is 0 Å². The molecule has 2 rings (SSSR count). The first-order chi connectivity index (χ1) is 7.99. The summed E-state index contributed by atoms with van der Waals surface area (Å²) < 4.78 is 0. The molecular formula is C15H18OS. The largest absolute Gasteiger partial charge is 0.384 e. The Hall–Kier alpha value is -1.12. The van der Waals surface area contributed by atoms with E-state index in [1.807, 2.05) is 5.38 Å². The SMILES string of the molecule is Cc1cc(C)c(C(O)c2csc(C)c2)c(C)c1. The highest BCUT2D eigenvalue weighted by molar-refractivity contribution is 7.10. The molecule has 0 saturated carbocycles. The zero-order valence-corrected chi connectivity index (χ0v) is 11.6. The third-order valence-corrected chi connectivity index (χ3v) is 3.96. The van der Waals surface area contributed by atoms with E-state index in [4.69, 9.17) is 0 Å². The average molecular weight is 246 g/mol. The van der Waals surface area contributed by atoms with Gasteiger partial charge in [0.25, 0.3) is 0 Å². The molecule has 0 bridgehead atoms. The molecule has 1 atom stereocenters. The van der Waals surface area contributed by atoms with Crippen LogP contribution in [0.2, 0.25) is 0 Å². The van der Waals surface area contributed by atoms with Crippen molar-refractivity contribution in [2.75, 3.05) is 0 Å². The van der Waals surface area contributed by atoms with Gasteiger partial charge in [-0.05, 0) is 61.4 Å². The molecule has 1 N–H and O–H groups in total. The molecule has 1 unspecified atom stereocenters. The smallest absolute Gasteiger partial charge is 0.105 e. The highest BCUT2D eigenvalue weighted by Crippen LogP contribution is 2.30. The Labute approximate surface area is 107 Å². The molecule has 1 heterocycles. The van der Waals surface area contributed by atoms with Gasteiger partial charge in [-0.1, -0.05) is 17.7 Å². The predicted molar refractivity (Wildman–Crippen MR) is 73.8 cm³/mol. The Kier molecular flexibility index (Phi) is 3.36. The lowest BCUT2D eigenvalue weighted by atomic mass is 9.93. The minimum absolute atomic E-state index is 0.499. The molecule has 0 aliphatic rings. The molecular weight excluding hydrogens is 228 g/mol. The van der Waals surface area contributed by atoms with Gasteiger partial charge in [-0.3, -0.25) is 0 Å². The second kappa shape index (κ2) is 4.63. The molecule has 1 aromatic heterocycles. The number of benzene rings is 1. The van der Waals surface area contributed by atoms with Gasteiger partial charge in [0.15, 0.2) is 0 Å². The van der Waals surface area contributed by atoms with Gasteiger partial charge < -0.3 is 5.11 Å². The quantitative estimate of drug-likeness (QED) is 0.847. The molecule has 0 fully saturated rings. The minimum Gasteiger partial charge on any atom is -0.384 e. The fourth-order valence-electron chi connectivity index (χ4n) is 2.40. The molecule has 17 heavy (non-hydrogen) atoms. The van der Waals surface area contributed by atoms with E-state index < -0.39 is 6.10 Å². The van der Waals surface area contributed by atoms with Gasteiger partial charge in [0, 0.05) is 4.88 Å². The van der Waals surface area contributed by atoms with Gasteiger partial charge >= 0.3 is 0 Å². The van der Waals surface area contributed by atoms with Crippen molar-refractivity contribution in [1.29, 1.82) is 0 Å². The maximum Gasteiger partial charge on any atom is 0.105 e. The summed E-state index contributed by atoms with van der Waals surface area (Å²) >= 11 is 1.68. The lowest BCUT2D eigenvalue weighted by Crippen LogP contribution is -2.04. The van der Waals surface area contributed by atoms with Crippen LogP contribution in [0.1, 0.15) is 38.8 Å².